The van der Waals surface area contributed by atoms with E-state index in [9.17, 15) is 4.79 Å². The van der Waals surface area contributed by atoms with Crippen LogP contribution in [0.3, 0.4) is 0 Å². The maximum absolute atomic E-state index is 12.7. The number of carbonyl (C=O) groups excluding carboxylic acids is 1. The molecule has 1 N–H and O–H groups in total. The highest BCUT2D eigenvalue weighted by Crippen LogP contribution is 2.38. The molecule has 1 fully saturated rings. The van der Waals surface area contributed by atoms with Crippen molar-refractivity contribution in [2.24, 2.45) is 4.99 Å². The summed E-state index contributed by atoms with van der Waals surface area (Å²) >= 11 is 8.47. The number of amidine groups is 1. The molecule has 3 aromatic carbocycles. The average Bonchev–Trinajstić information content (AvgIpc) is 3.48. The number of amides is 1. The highest BCUT2D eigenvalue weighted by Gasteiger charge is 2.25. The number of ether oxygens (including phenoxy) is 4. The van der Waals surface area contributed by atoms with E-state index in [-0.39, 0.29) is 12.7 Å². The Morgan fingerprint density at radius 3 is 2.57 bits per heavy atom. The molecule has 0 aromatic heterocycles. The number of rotatable bonds is 6. The maximum Gasteiger partial charge on any atom is 0.264 e. The van der Waals surface area contributed by atoms with Crippen molar-refractivity contribution >= 4 is 66.5 Å². The highest BCUT2D eigenvalue weighted by molar-refractivity contribution is 9.10. The topological polar surface area (TPSA) is 78.4 Å². The molecule has 2 aliphatic rings. The number of carbonyl (C=O) groups is 1. The van der Waals surface area contributed by atoms with Crippen LogP contribution in [0.25, 0.3) is 6.08 Å². The Morgan fingerprint density at radius 1 is 1.05 bits per heavy atom. The van der Waals surface area contributed by atoms with Crippen molar-refractivity contribution in [1.82, 2.24) is 5.32 Å². The molecule has 10 heteroatoms. The minimum absolute atomic E-state index is 0.205. The first-order chi connectivity index (χ1) is 17.8. The summed E-state index contributed by atoms with van der Waals surface area (Å²) in [4.78, 5) is 17.8. The van der Waals surface area contributed by atoms with E-state index in [0.29, 0.717) is 33.9 Å². The Bertz CT molecular complexity index is 1450. The highest BCUT2D eigenvalue weighted by atomic mass is 79.9. The van der Waals surface area contributed by atoms with Crippen molar-refractivity contribution in [2.45, 2.75) is 20.5 Å². The number of hydrogen-bond donors (Lipinski definition) is 1. The van der Waals surface area contributed by atoms with Gasteiger partial charge in [-0.1, -0.05) is 37.9 Å². The standard InChI is InChI=1S/C27H22Br2N2O5S/c1-14-6-18(7-15(2)25(14)29)30-27-31-26(32)24(37-27)10-17-9-21(33-3)23(11-19(17)28)34-12-16-4-5-20-22(8-16)36-13-35-20/h4-11H,12-13H2,1-3H3,(H,30,31,32)/b24-10-. The van der Waals surface area contributed by atoms with E-state index in [1.807, 2.05) is 56.3 Å². The predicted molar refractivity (Wildman–Crippen MR) is 152 cm³/mol. The van der Waals surface area contributed by atoms with Crippen LogP contribution in [0.5, 0.6) is 23.0 Å². The largest absolute Gasteiger partial charge is 0.493 e. The number of thioether (sulfide) groups is 1. The van der Waals surface area contributed by atoms with Gasteiger partial charge in [0.1, 0.15) is 6.61 Å². The van der Waals surface area contributed by atoms with Gasteiger partial charge in [0, 0.05) is 8.95 Å². The average molecular weight is 646 g/mol. The molecule has 0 saturated carbocycles. The van der Waals surface area contributed by atoms with E-state index in [1.54, 1.807) is 13.2 Å². The zero-order chi connectivity index (χ0) is 26.1. The summed E-state index contributed by atoms with van der Waals surface area (Å²) in [6.07, 6.45) is 1.80. The lowest BCUT2D eigenvalue weighted by Crippen LogP contribution is -2.19. The lowest BCUT2D eigenvalue weighted by molar-refractivity contribution is -0.115. The summed E-state index contributed by atoms with van der Waals surface area (Å²) < 4.78 is 24.2. The number of nitrogens with one attached hydrogen (secondary N) is 1. The molecule has 0 bridgehead atoms. The smallest absolute Gasteiger partial charge is 0.264 e. The van der Waals surface area contributed by atoms with Gasteiger partial charge in [-0.15, -0.1) is 0 Å². The van der Waals surface area contributed by atoms with Crippen LogP contribution in [-0.2, 0) is 11.4 Å². The lowest BCUT2D eigenvalue weighted by atomic mass is 10.1. The number of benzene rings is 3. The van der Waals surface area contributed by atoms with Crippen molar-refractivity contribution < 1.29 is 23.7 Å². The van der Waals surface area contributed by atoms with Gasteiger partial charge >= 0.3 is 0 Å². The summed E-state index contributed by atoms with van der Waals surface area (Å²) in [6, 6.07) is 13.3. The second kappa shape index (κ2) is 10.8. The summed E-state index contributed by atoms with van der Waals surface area (Å²) in [5.41, 5.74) is 4.67. The van der Waals surface area contributed by atoms with E-state index in [4.69, 9.17) is 18.9 Å². The molecule has 1 saturated heterocycles. The quantitative estimate of drug-likeness (QED) is 0.290. The molecule has 190 valence electrons. The summed E-state index contributed by atoms with van der Waals surface area (Å²) in [7, 11) is 1.58. The van der Waals surface area contributed by atoms with Crippen molar-refractivity contribution in [1.29, 1.82) is 0 Å². The predicted octanol–water partition coefficient (Wildman–Crippen LogP) is 7.04. The van der Waals surface area contributed by atoms with Gasteiger partial charge in [-0.2, -0.15) is 0 Å². The number of nitrogens with zero attached hydrogens (tertiary/aromatic N) is 1. The van der Waals surface area contributed by atoms with Crippen molar-refractivity contribution in [3.63, 3.8) is 0 Å². The molecule has 5 rings (SSSR count). The number of methoxy groups -OCH3 is 1. The third-order valence-electron chi connectivity index (χ3n) is 5.70. The van der Waals surface area contributed by atoms with Crippen molar-refractivity contribution in [3.8, 4) is 23.0 Å². The monoisotopic (exact) mass is 644 g/mol. The molecule has 7 nitrogen and oxygen atoms in total. The van der Waals surface area contributed by atoms with Gasteiger partial charge in [-0.05, 0) is 90.3 Å². The molecule has 0 spiro atoms. The van der Waals surface area contributed by atoms with E-state index in [0.717, 1.165) is 42.6 Å². The van der Waals surface area contributed by atoms with Gasteiger partial charge in [-0.25, -0.2) is 4.99 Å². The fourth-order valence-electron chi connectivity index (χ4n) is 3.85. The first kappa shape index (κ1) is 25.7. The van der Waals surface area contributed by atoms with Gasteiger partial charge in [0.15, 0.2) is 28.2 Å². The number of hydrogen-bond acceptors (Lipinski definition) is 7. The number of halogens is 2. The first-order valence-electron chi connectivity index (χ1n) is 11.3. The minimum Gasteiger partial charge on any atom is -0.493 e. The Kier molecular flexibility index (Phi) is 7.50. The van der Waals surface area contributed by atoms with Crippen LogP contribution in [0.2, 0.25) is 0 Å². The molecule has 1 amide bonds. The number of aliphatic imine (C=N–C) groups is 1. The molecule has 0 aliphatic carbocycles. The Hall–Kier alpha value is -2.95. The van der Waals surface area contributed by atoms with Crippen LogP contribution in [-0.4, -0.2) is 25.0 Å². The molecule has 2 aliphatic heterocycles. The second-order valence-electron chi connectivity index (χ2n) is 8.38. The lowest BCUT2D eigenvalue weighted by Gasteiger charge is -2.13. The van der Waals surface area contributed by atoms with E-state index < -0.39 is 0 Å². The fraction of sp³-hybridized carbons (Fsp3) is 0.185. The Morgan fingerprint density at radius 2 is 1.81 bits per heavy atom. The first-order valence-corrected chi connectivity index (χ1v) is 13.7. The maximum atomic E-state index is 12.7. The molecule has 37 heavy (non-hydrogen) atoms. The molecule has 2 heterocycles. The summed E-state index contributed by atoms with van der Waals surface area (Å²) in [5.74, 6) is 2.35. The van der Waals surface area contributed by atoms with Crippen LogP contribution in [0.4, 0.5) is 5.69 Å². The molecular formula is C27H22Br2N2O5S. The second-order valence-corrected chi connectivity index (χ2v) is 11.1. The van der Waals surface area contributed by atoms with Crippen LogP contribution in [0.1, 0.15) is 22.3 Å². The van der Waals surface area contributed by atoms with Crippen molar-refractivity contribution in [3.05, 3.63) is 78.6 Å². The third-order valence-corrected chi connectivity index (χ3v) is 8.55. The van der Waals surface area contributed by atoms with E-state index >= 15 is 0 Å². The van der Waals surface area contributed by atoms with Gasteiger partial charge in [-0.3, -0.25) is 4.79 Å². The SMILES string of the molecule is COc1cc(/C=C2\SC(=Nc3cc(C)c(Br)c(C)c3)NC2=O)c(Br)cc1OCc1ccc2c(c1)OCO2. The van der Waals surface area contributed by atoms with Crippen LogP contribution < -0.4 is 24.3 Å². The molecule has 0 radical (unpaired) electrons. The van der Waals surface area contributed by atoms with Crippen LogP contribution in [0, 0.1) is 13.8 Å². The van der Waals surface area contributed by atoms with Crippen LogP contribution >= 0.6 is 43.6 Å². The summed E-state index contributed by atoms with van der Waals surface area (Å²) in [6.45, 7) is 4.58. The third kappa shape index (κ3) is 5.66. The van der Waals surface area contributed by atoms with Gasteiger partial charge in [0.25, 0.3) is 5.91 Å². The normalized spacial score (nSPS) is 16.4. The minimum atomic E-state index is -0.205. The Balaban J connectivity index is 1.34. The molecule has 3 aromatic rings. The zero-order valence-electron chi connectivity index (χ0n) is 20.2. The van der Waals surface area contributed by atoms with Crippen molar-refractivity contribution in [2.75, 3.05) is 13.9 Å². The molecule has 0 unspecified atom stereocenters. The van der Waals surface area contributed by atoms with Crippen LogP contribution in [0.15, 0.2) is 61.3 Å². The van der Waals surface area contributed by atoms with Gasteiger partial charge in [0.05, 0.1) is 17.7 Å². The molecule has 0 atom stereocenters. The fourth-order valence-corrected chi connectivity index (χ4v) is 5.35. The Labute approximate surface area is 235 Å². The van der Waals surface area contributed by atoms with E-state index in [1.165, 1.54) is 11.8 Å². The van der Waals surface area contributed by atoms with Gasteiger partial charge < -0.3 is 24.3 Å². The summed E-state index contributed by atoms with van der Waals surface area (Å²) in [5, 5.41) is 3.38. The molecular weight excluding hydrogens is 624 g/mol. The number of aryl methyl sites for hydroxylation is 2. The van der Waals surface area contributed by atoms with Gasteiger partial charge in [0.2, 0.25) is 6.79 Å². The zero-order valence-corrected chi connectivity index (χ0v) is 24.2. The van der Waals surface area contributed by atoms with E-state index in [2.05, 4.69) is 42.2 Å². The number of fused-ring (bicyclic) bond motifs is 1.